The van der Waals surface area contributed by atoms with E-state index in [1.165, 1.54) is 0 Å². The minimum atomic E-state index is -0.504. The second kappa shape index (κ2) is 8.52. The minimum absolute atomic E-state index is 0.155. The van der Waals surface area contributed by atoms with Crippen molar-refractivity contribution >= 4 is 5.97 Å². The normalized spacial score (nSPS) is 12.1. The first kappa shape index (κ1) is 17.3. The Hall–Kier alpha value is -1.75. The molecule has 0 amide bonds. The van der Waals surface area contributed by atoms with Crippen LogP contribution in [0, 0.1) is 6.92 Å². The highest BCUT2D eigenvalue weighted by atomic mass is 16.5. The lowest BCUT2D eigenvalue weighted by Crippen LogP contribution is -2.45. The number of hydrogen-bond acceptors (Lipinski definition) is 5. The molecule has 0 aliphatic rings. The van der Waals surface area contributed by atoms with E-state index >= 15 is 0 Å². The van der Waals surface area contributed by atoms with Crippen LogP contribution in [0.1, 0.15) is 26.3 Å². The Labute approximate surface area is 126 Å². The molecule has 0 spiro atoms. The molecule has 0 aliphatic heterocycles. The molecule has 5 heteroatoms. The fraction of sp³-hybridized carbons (Fsp3) is 0.562. The average molecular weight is 295 g/mol. The number of aryl methyl sites for hydroxylation is 1. The standard InChI is InChI=1S/C16H25NO4/c1-6-20-16(18)13(17-11(2)3)10-21-14-8-7-12(4)9-15(14)19-5/h7-9,11,13,17H,6,10H2,1-5H3. The molecule has 1 N–H and O–H groups in total. The van der Waals surface area contributed by atoms with Crippen molar-refractivity contribution in [2.45, 2.75) is 39.8 Å². The van der Waals surface area contributed by atoms with Crippen molar-refractivity contribution < 1.29 is 19.0 Å². The maximum absolute atomic E-state index is 11.9. The van der Waals surface area contributed by atoms with Crippen LogP contribution >= 0.6 is 0 Å². The van der Waals surface area contributed by atoms with Gasteiger partial charge in [-0.15, -0.1) is 0 Å². The Kier molecular flexibility index (Phi) is 7.02. The van der Waals surface area contributed by atoms with E-state index in [4.69, 9.17) is 14.2 Å². The van der Waals surface area contributed by atoms with E-state index in [0.29, 0.717) is 18.1 Å². The van der Waals surface area contributed by atoms with Crippen LogP contribution < -0.4 is 14.8 Å². The number of carbonyl (C=O) groups is 1. The number of benzene rings is 1. The SMILES string of the molecule is CCOC(=O)C(COc1ccc(C)cc1OC)NC(C)C. The molecule has 0 aromatic heterocycles. The van der Waals surface area contributed by atoms with Crippen LogP contribution in [0.25, 0.3) is 0 Å². The quantitative estimate of drug-likeness (QED) is 0.746. The zero-order valence-corrected chi connectivity index (χ0v) is 13.4. The van der Waals surface area contributed by atoms with Crippen molar-refractivity contribution in [1.29, 1.82) is 0 Å². The molecule has 0 saturated carbocycles. The largest absolute Gasteiger partial charge is 0.493 e. The summed E-state index contributed by atoms with van der Waals surface area (Å²) in [5.74, 6) is 0.961. The van der Waals surface area contributed by atoms with Crippen LogP contribution in [0.15, 0.2) is 18.2 Å². The zero-order chi connectivity index (χ0) is 15.8. The summed E-state index contributed by atoms with van der Waals surface area (Å²) in [5, 5.41) is 3.14. The van der Waals surface area contributed by atoms with E-state index in [2.05, 4.69) is 5.32 Å². The summed E-state index contributed by atoms with van der Waals surface area (Å²) >= 11 is 0. The van der Waals surface area contributed by atoms with Gasteiger partial charge in [-0.3, -0.25) is 10.1 Å². The van der Waals surface area contributed by atoms with Gasteiger partial charge in [0.05, 0.1) is 13.7 Å². The summed E-state index contributed by atoms with van der Waals surface area (Å²) in [7, 11) is 1.59. The Morgan fingerprint density at radius 2 is 2.00 bits per heavy atom. The molecule has 0 saturated heterocycles. The van der Waals surface area contributed by atoms with Crippen LogP contribution in [-0.4, -0.2) is 38.4 Å². The van der Waals surface area contributed by atoms with Crippen LogP contribution in [-0.2, 0) is 9.53 Å². The van der Waals surface area contributed by atoms with Crippen LogP contribution in [0.3, 0.4) is 0 Å². The summed E-state index contributed by atoms with van der Waals surface area (Å²) in [5.41, 5.74) is 1.08. The number of ether oxygens (including phenoxy) is 3. The van der Waals surface area contributed by atoms with Crippen LogP contribution in [0.4, 0.5) is 0 Å². The van der Waals surface area contributed by atoms with Gasteiger partial charge in [-0.2, -0.15) is 0 Å². The molecule has 1 rings (SSSR count). The second-order valence-electron chi connectivity index (χ2n) is 5.09. The lowest BCUT2D eigenvalue weighted by Gasteiger charge is -2.20. The average Bonchev–Trinajstić information content (AvgIpc) is 2.44. The number of rotatable bonds is 8. The molecule has 0 radical (unpaired) electrons. The summed E-state index contributed by atoms with van der Waals surface area (Å²) in [4.78, 5) is 11.9. The first-order valence-corrected chi connectivity index (χ1v) is 7.18. The van der Waals surface area contributed by atoms with Gasteiger partial charge >= 0.3 is 5.97 Å². The highest BCUT2D eigenvalue weighted by Gasteiger charge is 2.21. The lowest BCUT2D eigenvalue weighted by atomic mass is 10.2. The molecule has 1 aromatic carbocycles. The zero-order valence-electron chi connectivity index (χ0n) is 13.4. The van der Waals surface area contributed by atoms with Crippen molar-refractivity contribution in [2.24, 2.45) is 0 Å². The third-order valence-corrected chi connectivity index (χ3v) is 2.83. The minimum Gasteiger partial charge on any atom is -0.493 e. The van der Waals surface area contributed by atoms with E-state index in [1.54, 1.807) is 14.0 Å². The van der Waals surface area contributed by atoms with E-state index in [1.807, 2.05) is 39.0 Å². The van der Waals surface area contributed by atoms with Gasteiger partial charge in [-0.05, 0) is 31.5 Å². The predicted molar refractivity (Wildman–Crippen MR) is 81.9 cm³/mol. The molecule has 21 heavy (non-hydrogen) atoms. The van der Waals surface area contributed by atoms with Crippen LogP contribution in [0.2, 0.25) is 0 Å². The lowest BCUT2D eigenvalue weighted by molar-refractivity contribution is -0.146. The summed E-state index contributed by atoms with van der Waals surface area (Å²) in [6.45, 7) is 8.25. The van der Waals surface area contributed by atoms with Gasteiger partial charge in [-0.1, -0.05) is 19.9 Å². The van der Waals surface area contributed by atoms with E-state index < -0.39 is 6.04 Å². The molecule has 0 heterocycles. The van der Waals surface area contributed by atoms with Crippen molar-refractivity contribution in [3.8, 4) is 11.5 Å². The van der Waals surface area contributed by atoms with Crippen molar-refractivity contribution in [3.05, 3.63) is 23.8 Å². The summed E-state index contributed by atoms with van der Waals surface area (Å²) in [6.07, 6.45) is 0. The van der Waals surface area contributed by atoms with Crippen LogP contribution in [0.5, 0.6) is 11.5 Å². The molecular formula is C16H25NO4. The number of nitrogens with one attached hydrogen (secondary N) is 1. The van der Waals surface area contributed by atoms with Gasteiger partial charge in [-0.25, -0.2) is 0 Å². The van der Waals surface area contributed by atoms with Gasteiger partial charge in [0.25, 0.3) is 0 Å². The molecule has 0 fully saturated rings. The number of hydrogen-bond donors (Lipinski definition) is 1. The second-order valence-corrected chi connectivity index (χ2v) is 5.09. The molecular weight excluding hydrogens is 270 g/mol. The van der Waals surface area contributed by atoms with Crippen molar-refractivity contribution in [3.63, 3.8) is 0 Å². The first-order valence-electron chi connectivity index (χ1n) is 7.18. The van der Waals surface area contributed by atoms with Gasteiger partial charge in [0.2, 0.25) is 0 Å². The number of esters is 1. The van der Waals surface area contributed by atoms with Crippen molar-refractivity contribution in [2.75, 3.05) is 20.3 Å². The first-order chi connectivity index (χ1) is 9.97. The fourth-order valence-corrected chi connectivity index (χ4v) is 1.90. The fourth-order valence-electron chi connectivity index (χ4n) is 1.90. The topological polar surface area (TPSA) is 56.8 Å². The van der Waals surface area contributed by atoms with Gasteiger partial charge < -0.3 is 14.2 Å². The predicted octanol–water partition coefficient (Wildman–Crippen LogP) is 2.31. The molecule has 0 bridgehead atoms. The van der Waals surface area contributed by atoms with Gasteiger partial charge in [0, 0.05) is 6.04 Å². The highest BCUT2D eigenvalue weighted by Crippen LogP contribution is 2.27. The Morgan fingerprint density at radius 3 is 2.57 bits per heavy atom. The third-order valence-electron chi connectivity index (χ3n) is 2.83. The Balaban J connectivity index is 2.74. The summed E-state index contributed by atoms with van der Waals surface area (Å²) < 4.78 is 16.1. The highest BCUT2D eigenvalue weighted by molar-refractivity contribution is 5.76. The van der Waals surface area contributed by atoms with Gasteiger partial charge in [0.15, 0.2) is 11.5 Å². The van der Waals surface area contributed by atoms with E-state index in [-0.39, 0.29) is 18.6 Å². The van der Waals surface area contributed by atoms with E-state index in [0.717, 1.165) is 5.56 Å². The maximum Gasteiger partial charge on any atom is 0.326 e. The van der Waals surface area contributed by atoms with Gasteiger partial charge in [0.1, 0.15) is 12.6 Å². The number of carbonyl (C=O) groups excluding carboxylic acids is 1. The summed E-state index contributed by atoms with van der Waals surface area (Å²) in [6, 6.07) is 5.32. The van der Waals surface area contributed by atoms with E-state index in [9.17, 15) is 4.79 Å². The Morgan fingerprint density at radius 1 is 1.29 bits per heavy atom. The number of methoxy groups -OCH3 is 1. The molecule has 1 aromatic rings. The molecule has 118 valence electrons. The third kappa shape index (κ3) is 5.63. The van der Waals surface area contributed by atoms with Crippen molar-refractivity contribution in [1.82, 2.24) is 5.32 Å². The smallest absolute Gasteiger partial charge is 0.326 e. The molecule has 0 aliphatic carbocycles. The molecule has 1 unspecified atom stereocenters. The molecule has 5 nitrogen and oxygen atoms in total. The monoisotopic (exact) mass is 295 g/mol. The molecule has 1 atom stereocenters. The Bertz CT molecular complexity index is 460. The maximum atomic E-state index is 11.9.